The van der Waals surface area contributed by atoms with Crippen LogP contribution in [0.2, 0.25) is 5.02 Å². The zero-order chi connectivity index (χ0) is 17.3. The van der Waals surface area contributed by atoms with Gasteiger partial charge in [-0.3, -0.25) is 0 Å². The van der Waals surface area contributed by atoms with Crippen molar-refractivity contribution in [1.29, 1.82) is 0 Å². The molecule has 24 heavy (non-hydrogen) atoms. The Bertz CT molecular complexity index is 865. The van der Waals surface area contributed by atoms with Gasteiger partial charge < -0.3 is 4.74 Å². The Kier molecular flexibility index (Phi) is 4.85. The molecule has 1 aliphatic heterocycles. The zero-order valence-electron chi connectivity index (χ0n) is 13.7. The Balaban J connectivity index is 1.74. The molecule has 0 saturated carbocycles. The van der Waals surface area contributed by atoms with Crippen molar-refractivity contribution in [2.75, 3.05) is 6.61 Å². The van der Waals surface area contributed by atoms with E-state index in [0.29, 0.717) is 17.0 Å². The zero-order valence-corrected chi connectivity index (χ0v) is 15.2. The summed E-state index contributed by atoms with van der Waals surface area (Å²) < 4.78 is 33.4. The van der Waals surface area contributed by atoms with Crippen LogP contribution in [0.4, 0.5) is 0 Å². The first-order valence-electron chi connectivity index (χ1n) is 7.89. The van der Waals surface area contributed by atoms with Crippen molar-refractivity contribution in [1.82, 2.24) is 4.72 Å². The van der Waals surface area contributed by atoms with E-state index in [2.05, 4.69) is 10.8 Å². The summed E-state index contributed by atoms with van der Waals surface area (Å²) in [5.74, 6) is 0.932. The molecule has 1 heterocycles. The summed E-state index contributed by atoms with van der Waals surface area (Å²) in [6.45, 7) is 4.29. The topological polar surface area (TPSA) is 55.4 Å². The van der Waals surface area contributed by atoms with Gasteiger partial charge in [-0.15, -0.1) is 0 Å². The lowest BCUT2D eigenvalue weighted by Gasteiger charge is -2.16. The lowest BCUT2D eigenvalue weighted by molar-refractivity contribution is 0.357. The lowest BCUT2D eigenvalue weighted by Crippen LogP contribution is -2.34. The van der Waals surface area contributed by atoms with E-state index in [-0.39, 0.29) is 10.9 Å². The van der Waals surface area contributed by atoms with Crippen LogP contribution in [0.1, 0.15) is 23.6 Å². The molecular formula is C18H20ClNO3S. The van der Waals surface area contributed by atoms with Crippen molar-refractivity contribution >= 4 is 21.6 Å². The summed E-state index contributed by atoms with van der Waals surface area (Å²) >= 11 is 6.04. The van der Waals surface area contributed by atoms with E-state index in [4.69, 9.17) is 16.3 Å². The second kappa shape index (κ2) is 6.75. The largest absolute Gasteiger partial charge is 0.493 e. The summed E-state index contributed by atoms with van der Waals surface area (Å²) in [5.41, 5.74) is 2.85. The fraction of sp³-hybridized carbons (Fsp3) is 0.333. The van der Waals surface area contributed by atoms with Gasteiger partial charge in [-0.25, -0.2) is 13.1 Å². The van der Waals surface area contributed by atoms with Gasteiger partial charge in [-0.05, 0) is 55.2 Å². The molecule has 3 rings (SSSR count). The summed E-state index contributed by atoms with van der Waals surface area (Å²) in [4.78, 5) is 0.226. The number of halogens is 1. The van der Waals surface area contributed by atoms with Gasteiger partial charge in [-0.1, -0.05) is 29.8 Å². The standard InChI is InChI=1S/C18H20ClNO3S/c1-12(10-14-6-7-17-15(11-14)8-9-23-17)20-24(21,22)18-5-3-4-16(19)13(18)2/h3-7,11-12,20H,8-10H2,1-2H3. The first kappa shape index (κ1) is 17.3. The number of rotatable bonds is 5. The molecule has 1 N–H and O–H groups in total. The van der Waals surface area contributed by atoms with Crippen LogP contribution in [0, 0.1) is 6.92 Å². The second-order valence-electron chi connectivity index (χ2n) is 6.13. The summed E-state index contributed by atoms with van der Waals surface area (Å²) in [7, 11) is -3.60. The first-order valence-corrected chi connectivity index (χ1v) is 9.75. The minimum Gasteiger partial charge on any atom is -0.493 e. The molecule has 128 valence electrons. The second-order valence-corrected chi connectivity index (χ2v) is 8.22. The number of hydrogen-bond acceptors (Lipinski definition) is 3. The molecule has 4 nitrogen and oxygen atoms in total. The number of ether oxygens (including phenoxy) is 1. The van der Waals surface area contributed by atoms with E-state index in [1.807, 2.05) is 19.1 Å². The smallest absolute Gasteiger partial charge is 0.241 e. The average Bonchev–Trinajstić information content (AvgIpc) is 2.96. The molecule has 6 heteroatoms. The quantitative estimate of drug-likeness (QED) is 0.882. The van der Waals surface area contributed by atoms with Crippen LogP contribution >= 0.6 is 11.6 Å². The molecule has 0 aliphatic carbocycles. The molecule has 2 aromatic rings. The van der Waals surface area contributed by atoms with Gasteiger partial charge >= 0.3 is 0 Å². The van der Waals surface area contributed by atoms with Gasteiger partial charge in [0.15, 0.2) is 0 Å². The fourth-order valence-electron chi connectivity index (χ4n) is 2.97. The molecule has 0 spiro atoms. The van der Waals surface area contributed by atoms with Gasteiger partial charge in [0.1, 0.15) is 5.75 Å². The van der Waals surface area contributed by atoms with Crippen LogP contribution in [0.15, 0.2) is 41.3 Å². The number of nitrogens with one attached hydrogen (secondary N) is 1. The molecule has 0 radical (unpaired) electrons. The molecule has 0 aromatic heterocycles. The van der Waals surface area contributed by atoms with Gasteiger partial charge in [0.2, 0.25) is 10.0 Å². The highest BCUT2D eigenvalue weighted by molar-refractivity contribution is 7.89. The Morgan fingerprint density at radius 2 is 2.08 bits per heavy atom. The Hall–Kier alpha value is -1.56. The number of benzene rings is 2. The highest BCUT2D eigenvalue weighted by Gasteiger charge is 2.21. The molecule has 0 bridgehead atoms. The fourth-order valence-corrected chi connectivity index (χ4v) is 4.71. The van der Waals surface area contributed by atoms with E-state index in [9.17, 15) is 8.42 Å². The highest BCUT2D eigenvalue weighted by atomic mass is 35.5. The predicted molar refractivity (Wildman–Crippen MR) is 95.3 cm³/mol. The molecule has 2 aromatic carbocycles. The summed E-state index contributed by atoms with van der Waals surface area (Å²) in [6, 6.07) is 10.7. The van der Waals surface area contributed by atoms with Gasteiger partial charge in [0.05, 0.1) is 11.5 Å². The van der Waals surface area contributed by atoms with Crippen molar-refractivity contribution in [2.24, 2.45) is 0 Å². The number of fused-ring (bicyclic) bond motifs is 1. The van der Waals surface area contributed by atoms with Gasteiger partial charge in [0.25, 0.3) is 0 Å². The monoisotopic (exact) mass is 365 g/mol. The SMILES string of the molecule is Cc1c(Cl)cccc1S(=O)(=O)NC(C)Cc1ccc2c(c1)CCO2. The minimum atomic E-state index is -3.60. The van der Waals surface area contributed by atoms with Crippen LogP contribution < -0.4 is 9.46 Å². The van der Waals surface area contributed by atoms with E-state index in [1.54, 1.807) is 25.1 Å². The van der Waals surface area contributed by atoms with Gasteiger partial charge in [-0.2, -0.15) is 0 Å². The van der Waals surface area contributed by atoms with E-state index in [1.165, 1.54) is 5.56 Å². The Morgan fingerprint density at radius 1 is 1.29 bits per heavy atom. The third kappa shape index (κ3) is 3.58. The first-order chi connectivity index (χ1) is 11.4. The molecule has 0 fully saturated rings. The minimum absolute atomic E-state index is 0.226. The van der Waals surface area contributed by atoms with Crippen molar-refractivity contribution in [3.05, 3.63) is 58.1 Å². The Labute approximate surface area is 147 Å². The molecule has 0 saturated heterocycles. The number of sulfonamides is 1. The molecule has 1 unspecified atom stereocenters. The predicted octanol–water partition coefficient (Wildman–Crippen LogP) is 3.49. The van der Waals surface area contributed by atoms with Crippen molar-refractivity contribution in [3.63, 3.8) is 0 Å². The maximum Gasteiger partial charge on any atom is 0.241 e. The van der Waals surface area contributed by atoms with Crippen LogP contribution in [-0.4, -0.2) is 21.1 Å². The van der Waals surface area contributed by atoms with Crippen LogP contribution in [-0.2, 0) is 22.9 Å². The van der Waals surface area contributed by atoms with Crippen LogP contribution in [0.25, 0.3) is 0 Å². The lowest BCUT2D eigenvalue weighted by atomic mass is 10.0. The maximum atomic E-state index is 12.6. The van der Waals surface area contributed by atoms with Crippen molar-refractivity contribution < 1.29 is 13.2 Å². The van der Waals surface area contributed by atoms with E-state index >= 15 is 0 Å². The summed E-state index contributed by atoms with van der Waals surface area (Å²) in [5, 5.41) is 0.448. The highest BCUT2D eigenvalue weighted by Crippen LogP contribution is 2.27. The normalized spacial score (nSPS) is 15.0. The summed E-state index contributed by atoms with van der Waals surface area (Å²) in [6.07, 6.45) is 1.52. The Morgan fingerprint density at radius 3 is 2.88 bits per heavy atom. The third-order valence-corrected chi connectivity index (χ3v) is 6.30. The van der Waals surface area contributed by atoms with Crippen LogP contribution in [0.3, 0.4) is 0 Å². The molecule has 0 amide bonds. The van der Waals surface area contributed by atoms with Crippen molar-refractivity contribution in [3.8, 4) is 5.75 Å². The molecular weight excluding hydrogens is 346 g/mol. The number of hydrogen-bond donors (Lipinski definition) is 1. The molecule has 1 aliphatic rings. The van der Waals surface area contributed by atoms with E-state index < -0.39 is 10.0 Å². The van der Waals surface area contributed by atoms with Crippen LogP contribution in [0.5, 0.6) is 5.75 Å². The van der Waals surface area contributed by atoms with Gasteiger partial charge in [0, 0.05) is 17.5 Å². The van der Waals surface area contributed by atoms with Crippen molar-refractivity contribution in [2.45, 2.75) is 37.6 Å². The molecule has 1 atom stereocenters. The third-order valence-electron chi connectivity index (χ3n) is 4.16. The average molecular weight is 366 g/mol. The maximum absolute atomic E-state index is 12.6. The van der Waals surface area contributed by atoms with E-state index in [0.717, 1.165) is 24.3 Å².